The molecule has 5 heteroatoms. The topological polar surface area (TPSA) is 62.7 Å². The Kier molecular flexibility index (Phi) is 5.19. The lowest BCUT2D eigenvalue weighted by Crippen LogP contribution is -2.47. The van der Waals surface area contributed by atoms with Gasteiger partial charge in [-0.25, -0.2) is 4.79 Å². The molecule has 1 N–H and O–H groups in total. The number of aliphatic hydroxyl groups excluding tert-OH is 1. The Morgan fingerprint density at radius 1 is 1.45 bits per heavy atom. The molecule has 0 aliphatic carbocycles. The molecule has 120 valence electrons. The number of ether oxygens (including phenoxy) is 1. The molecule has 5 nitrogen and oxygen atoms in total. The zero-order valence-electron chi connectivity index (χ0n) is 13.5. The van der Waals surface area contributed by atoms with Crippen LogP contribution in [0, 0.1) is 0 Å². The van der Waals surface area contributed by atoms with Crippen molar-refractivity contribution in [2.45, 2.75) is 45.3 Å². The third kappa shape index (κ3) is 4.31. The highest BCUT2D eigenvalue weighted by molar-refractivity contribution is 5.70. The monoisotopic (exact) mass is 304 g/mol. The number of rotatable bonds is 4. The minimum atomic E-state index is -0.480. The molecule has 1 aliphatic heterocycles. The molecule has 2 rings (SSSR count). The largest absolute Gasteiger partial charge is 0.444 e. The van der Waals surface area contributed by atoms with Crippen LogP contribution in [0.25, 0.3) is 0 Å². The summed E-state index contributed by atoms with van der Waals surface area (Å²) >= 11 is 0. The summed E-state index contributed by atoms with van der Waals surface area (Å²) in [4.78, 5) is 18.2. The molecule has 0 radical (unpaired) electrons. The number of amides is 1. The standard InChI is InChI=1S/C17H24N2O3/c1-17(2,3)22-16(21)19-8-7-15(19)14-10-13(11-18-12-14)6-4-5-9-20/h4-5,10-12,15,20H,6-9H2,1-3H3/b5-4+/t15-/m0/s1. The number of likely N-dealkylation sites (tertiary alicyclic amines) is 1. The molecule has 0 aromatic carbocycles. The number of carbonyl (C=O) groups is 1. The van der Waals surface area contributed by atoms with Crippen molar-refractivity contribution in [3.8, 4) is 0 Å². The number of hydrogen-bond donors (Lipinski definition) is 1. The first-order valence-electron chi connectivity index (χ1n) is 7.60. The van der Waals surface area contributed by atoms with E-state index in [0.717, 1.165) is 24.0 Å². The van der Waals surface area contributed by atoms with E-state index in [9.17, 15) is 4.79 Å². The first-order valence-corrected chi connectivity index (χ1v) is 7.60. The molecule has 0 bridgehead atoms. The fraction of sp³-hybridized carbons (Fsp3) is 0.529. The van der Waals surface area contributed by atoms with E-state index in [1.54, 1.807) is 17.2 Å². The van der Waals surface area contributed by atoms with Gasteiger partial charge in [-0.15, -0.1) is 0 Å². The summed E-state index contributed by atoms with van der Waals surface area (Å²) in [5.74, 6) is 0. The van der Waals surface area contributed by atoms with E-state index in [4.69, 9.17) is 9.84 Å². The van der Waals surface area contributed by atoms with Crippen LogP contribution in [0.1, 0.15) is 44.4 Å². The number of carbonyl (C=O) groups excluding carboxylic acids is 1. The molecule has 2 heterocycles. The number of pyridine rings is 1. The Morgan fingerprint density at radius 2 is 2.23 bits per heavy atom. The molecule has 1 amide bonds. The van der Waals surface area contributed by atoms with E-state index in [-0.39, 0.29) is 18.7 Å². The summed E-state index contributed by atoms with van der Waals surface area (Å²) in [6, 6.07) is 2.11. The number of hydrogen-bond acceptors (Lipinski definition) is 4. The normalized spacial score (nSPS) is 18.4. The lowest BCUT2D eigenvalue weighted by Gasteiger charge is -2.41. The number of aliphatic hydroxyl groups is 1. The summed E-state index contributed by atoms with van der Waals surface area (Å²) in [6.07, 6.45) is 8.62. The third-order valence-corrected chi connectivity index (χ3v) is 3.47. The minimum absolute atomic E-state index is 0.0438. The van der Waals surface area contributed by atoms with Gasteiger partial charge in [0.1, 0.15) is 5.60 Å². The maximum Gasteiger partial charge on any atom is 0.410 e. The van der Waals surface area contributed by atoms with E-state index in [1.165, 1.54) is 0 Å². The summed E-state index contributed by atoms with van der Waals surface area (Å²) in [5, 5.41) is 8.76. The Balaban J connectivity index is 2.04. The Bertz CT molecular complexity index is 549. The summed E-state index contributed by atoms with van der Waals surface area (Å²) < 4.78 is 5.43. The average Bonchev–Trinajstić information content (AvgIpc) is 2.36. The highest BCUT2D eigenvalue weighted by Crippen LogP contribution is 2.34. The van der Waals surface area contributed by atoms with Gasteiger partial charge in [0, 0.05) is 18.9 Å². The van der Waals surface area contributed by atoms with Gasteiger partial charge >= 0.3 is 6.09 Å². The predicted octanol–water partition coefficient (Wildman–Crippen LogP) is 2.85. The van der Waals surface area contributed by atoms with Crippen LogP contribution in [0.3, 0.4) is 0 Å². The van der Waals surface area contributed by atoms with E-state index in [1.807, 2.05) is 33.0 Å². The first-order chi connectivity index (χ1) is 10.4. The Hall–Kier alpha value is -1.88. The molecule has 22 heavy (non-hydrogen) atoms. The third-order valence-electron chi connectivity index (χ3n) is 3.47. The molecule has 1 aromatic rings. The fourth-order valence-electron chi connectivity index (χ4n) is 2.37. The van der Waals surface area contributed by atoms with Crippen molar-refractivity contribution in [2.24, 2.45) is 0 Å². The zero-order chi connectivity index (χ0) is 16.2. The van der Waals surface area contributed by atoms with E-state index in [0.29, 0.717) is 6.54 Å². The van der Waals surface area contributed by atoms with Crippen molar-refractivity contribution in [3.63, 3.8) is 0 Å². The van der Waals surface area contributed by atoms with Crippen molar-refractivity contribution in [1.29, 1.82) is 0 Å². The predicted molar refractivity (Wildman–Crippen MR) is 84.5 cm³/mol. The van der Waals surface area contributed by atoms with Gasteiger partial charge < -0.3 is 14.7 Å². The van der Waals surface area contributed by atoms with Crippen LogP contribution < -0.4 is 0 Å². The highest BCUT2D eigenvalue weighted by Gasteiger charge is 2.36. The van der Waals surface area contributed by atoms with Crippen LogP contribution in [0.4, 0.5) is 4.79 Å². The second kappa shape index (κ2) is 6.92. The summed E-state index contributed by atoms with van der Waals surface area (Å²) in [5.41, 5.74) is 1.62. The molecule has 0 unspecified atom stereocenters. The van der Waals surface area contributed by atoms with Crippen molar-refractivity contribution >= 4 is 6.09 Å². The molecule has 0 spiro atoms. The molecule has 1 fully saturated rings. The van der Waals surface area contributed by atoms with Gasteiger partial charge in [0.05, 0.1) is 12.6 Å². The number of aromatic nitrogens is 1. The second-order valence-electron chi connectivity index (χ2n) is 6.46. The van der Waals surface area contributed by atoms with Crippen LogP contribution >= 0.6 is 0 Å². The molecule has 1 aliphatic rings. The average molecular weight is 304 g/mol. The number of nitrogens with zero attached hydrogens (tertiary/aromatic N) is 2. The Labute approximate surface area is 131 Å². The van der Waals surface area contributed by atoms with Gasteiger partial charge in [-0.3, -0.25) is 4.98 Å². The molecule has 1 atom stereocenters. The van der Waals surface area contributed by atoms with Gasteiger partial charge in [0.2, 0.25) is 0 Å². The number of allylic oxidation sites excluding steroid dienone is 1. The summed E-state index contributed by atoms with van der Waals surface area (Å²) in [6.45, 7) is 6.37. The van der Waals surface area contributed by atoms with Crippen LogP contribution in [0.5, 0.6) is 0 Å². The van der Waals surface area contributed by atoms with Gasteiger partial charge in [-0.1, -0.05) is 18.2 Å². The SMILES string of the molecule is CC(C)(C)OC(=O)N1CC[C@H]1c1cncc(C/C=C/CO)c1. The molecule has 0 saturated carbocycles. The van der Waals surface area contributed by atoms with Crippen molar-refractivity contribution in [1.82, 2.24) is 9.88 Å². The molecule has 1 saturated heterocycles. The lowest BCUT2D eigenvalue weighted by atomic mass is 9.95. The van der Waals surface area contributed by atoms with Gasteiger partial charge in [-0.05, 0) is 44.7 Å². The van der Waals surface area contributed by atoms with E-state index >= 15 is 0 Å². The zero-order valence-corrected chi connectivity index (χ0v) is 13.5. The van der Waals surface area contributed by atoms with Crippen molar-refractivity contribution in [3.05, 3.63) is 41.7 Å². The van der Waals surface area contributed by atoms with Crippen LogP contribution in [0.15, 0.2) is 30.6 Å². The summed E-state index contributed by atoms with van der Waals surface area (Å²) in [7, 11) is 0. The van der Waals surface area contributed by atoms with Gasteiger partial charge in [-0.2, -0.15) is 0 Å². The highest BCUT2D eigenvalue weighted by atomic mass is 16.6. The Morgan fingerprint density at radius 3 is 2.82 bits per heavy atom. The van der Waals surface area contributed by atoms with E-state index < -0.39 is 5.60 Å². The van der Waals surface area contributed by atoms with Gasteiger partial charge in [0.25, 0.3) is 0 Å². The second-order valence-corrected chi connectivity index (χ2v) is 6.46. The smallest absolute Gasteiger partial charge is 0.410 e. The molecule has 1 aromatic heterocycles. The van der Waals surface area contributed by atoms with Crippen LogP contribution in [-0.4, -0.2) is 39.8 Å². The molecular formula is C17H24N2O3. The lowest BCUT2D eigenvalue weighted by molar-refractivity contribution is -0.00581. The first kappa shape index (κ1) is 16.5. The van der Waals surface area contributed by atoms with E-state index in [2.05, 4.69) is 11.1 Å². The quantitative estimate of drug-likeness (QED) is 0.869. The van der Waals surface area contributed by atoms with Crippen LogP contribution in [-0.2, 0) is 11.2 Å². The van der Waals surface area contributed by atoms with Crippen molar-refractivity contribution < 1.29 is 14.6 Å². The molecular weight excluding hydrogens is 280 g/mol. The fourth-order valence-corrected chi connectivity index (χ4v) is 2.37. The van der Waals surface area contributed by atoms with Crippen LogP contribution in [0.2, 0.25) is 0 Å². The van der Waals surface area contributed by atoms with Crippen molar-refractivity contribution in [2.75, 3.05) is 13.2 Å². The van der Waals surface area contributed by atoms with Gasteiger partial charge in [0.15, 0.2) is 0 Å². The maximum absolute atomic E-state index is 12.2. The minimum Gasteiger partial charge on any atom is -0.444 e. The maximum atomic E-state index is 12.2.